The molecule has 0 saturated carbocycles. The van der Waals surface area contributed by atoms with Gasteiger partial charge in [-0.25, -0.2) is 4.79 Å². The SMILES string of the molecule is CCOCO[C@H](C)C(=O)O. The van der Waals surface area contributed by atoms with Crippen LogP contribution >= 0.6 is 0 Å². The highest BCUT2D eigenvalue weighted by atomic mass is 16.7. The Bertz CT molecular complexity index is 102. The molecule has 0 aliphatic rings. The molecule has 0 heterocycles. The smallest absolute Gasteiger partial charge is 0.332 e. The van der Waals surface area contributed by atoms with E-state index in [9.17, 15) is 4.79 Å². The third kappa shape index (κ3) is 4.29. The van der Waals surface area contributed by atoms with E-state index < -0.39 is 12.1 Å². The lowest BCUT2D eigenvalue weighted by Gasteiger charge is -2.06. The van der Waals surface area contributed by atoms with Crippen LogP contribution in [0.2, 0.25) is 0 Å². The van der Waals surface area contributed by atoms with Crippen LogP contribution in [0, 0.1) is 0 Å². The van der Waals surface area contributed by atoms with Crippen molar-refractivity contribution in [3.8, 4) is 0 Å². The molecule has 0 unspecified atom stereocenters. The fourth-order valence-corrected chi connectivity index (χ4v) is 0.305. The molecule has 0 radical (unpaired) electrons. The van der Waals surface area contributed by atoms with Crippen LogP contribution in [-0.2, 0) is 14.3 Å². The van der Waals surface area contributed by atoms with E-state index in [4.69, 9.17) is 14.6 Å². The molecule has 10 heavy (non-hydrogen) atoms. The first-order chi connectivity index (χ1) is 4.68. The molecule has 0 aliphatic carbocycles. The van der Waals surface area contributed by atoms with Crippen molar-refractivity contribution < 1.29 is 19.4 Å². The van der Waals surface area contributed by atoms with Crippen LogP contribution in [0.4, 0.5) is 0 Å². The largest absolute Gasteiger partial charge is 0.479 e. The van der Waals surface area contributed by atoms with Gasteiger partial charge in [-0.3, -0.25) is 0 Å². The summed E-state index contributed by atoms with van der Waals surface area (Å²) in [5.41, 5.74) is 0. The first-order valence-electron chi connectivity index (χ1n) is 3.10. The second kappa shape index (κ2) is 5.20. The van der Waals surface area contributed by atoms with Gasteiger partial charge in [-0.2, -0.15) is 0 Å². The van der Waals surface area contributed by atoms with Gasteiger partial charge in [0.25, 0.3) is 0 Å². The van der Waals surface area contributed by atoms with E-state index in [2.05, 4.69) is 0 Å². The minimum Gasteiger partial charge on any atom is -0.479 e. The molecule has 4 heteroatoms. The molecule has 0 amide bonds. The first-order valence-corrected chi connectivity index (χ1v) is 3.10. The maximum Gasteiger partial charge on any atom is 0.332 e. The molecule has 0 aliphatic heterocycles. The van der Waals surface area contributed by atoms with Crippen LogP contribution < -0.4 is 0 Å². The summed E-state index contributed by atoms with van der Waals surface area (Å²) < 4.78 is 9.49. The summed E-state index contributed by atoms with van der Waals surface area (Å²) in [6, 6.07) is 0. The molecule has 0 bridgehead atoms. The normalized spacial score (nSPS) is 13.0. The molecule has 1 atom stereocenters. The predicted octanol–water partition coefficient (Wildman–Crippen LogP) is 0.470. The number of carboxylic acids is 1. The lowest BCUT2D eigenvalue weighted by Crippen LogP contribution is -2.21. The number of hydrogen-bond donors (Lipinski definition) is 1. The molecule has 0 spiro atoms. The van der Waals surface area contributed by atoms with Gasteiger partial charge in [0.1, 0.15) is 6.79 Å². The lowest BCUT2D eigenvalue weighted by molar-refractivity contribution is -0.158. The lowest BCUT2D eigenvalue weighted by atomic mass is 10.4. The highest BCUT2D eigenvalue weighted by molar-refractivity contribution is 5.71. The number of hydrogen-bond acceptors (Lipinski definition) is 3. The van der Waals surface area contributed by atoms with E-state index in [0.29, 0.717) is 6.61 Å². The van der Waals surface area contributed by atoms with Gasteiger partial charge < -0.3 is 14.6 Å². The second-order valence-corrected chi connectivity index (χ2v) is 1.76. The van der Waals surface area contributed by atoms with E-state index in [1.165, 1.54) is 6.92 Å². The van der Waals surface area contributed by atoms with Crippen LogP contribution in [-0.4, -0.2) is 30.6 Å². The predicted molar refractivity (Wildman–Crippen MR) is 34.7 cm³/mol. The zero-order valence-corrected chi connectivity index (χ0v) is 6.16. The van der Waals surface area contributed by atoms with Gasteiger partial charge in [-0.15, -0.1) is 0 Å². The second-order valence-electron chi connectivity index (χ2n) is 1.76. The summed E-state index contributed by atoms with van der Waals surface area (Å²) in [7, 11) is 0. The van der Waals surface area contributed by atoms with Crippen molar-refractivity contribution in [3.63, 3.8) is 0 Å². The first kappa shape index (κ1) is 9.39. The van der Waals surface area contributed by atoms with Gasteiger partial charge in [0.15, 0.2) is 6.10 Å². The summed E-state index contributed by atoms with van der Waals surface area (Å²) in [6.07, 6.45) is -0.786. The van der Waals surface area contributed by atoms with Crippen LogP contribution in [0.3, 0.4) is 0 Å². The minimum absolute atomic E-state index is 0.0456. The van der Waals surface area contributed by atoms with Crippen LogP contribution in [0.1, 0.15) is 13.8 Å². The number of carboxylic acid groups (broad SMARTS) is 1. The van der Waals surface area contributed by atoms with Crippen molar-refractivity contribution in [2.24, 2.45) is 0 Å². The van der Waals surface area contributed by atoms with E-state index in [1.807, 2.05) is 6.92 Å². The summed E-state index contributed by atoms with van der Waals surface area (Å²) in [4.78, 5) is 10.1. The van der Waals surface area contributed by atoms with E-state index >= 15 is 0 Å². The highest BCUT2D eigenvalue weighted by Gasteiger charge is 2.09. The van der Waals surface area contributed by atoms with E-state index in [-0.39, 0.29) is 6.79 Å². The summed E-state index contributed by atoms with van der Waals surface area (Å²) in [5.74, 6) is -0.972. The molecule has 0 fully saturated rings. The fraction of sp³-hybridized carbons (Fsp3) is 0.833. The number of ether oxygens (including phenoxy) is 2. The van der Waals surface area contributed by atoms with Gasteiger partial charge in [0.05, 0.1) is 0 Å². The topological polar surface area (TPSA) is 55.8 Å². The van der Waals surface area contributed by atoms with Crippen molar-refractivity contribution >= 4 is 5.97 Å². The van der Waals surface area contributed by atoms with Gasteiger partial charge >= 0.3 is 5.97 Å². The summed E-state index contributed by atoms with van der Waals surface area (Å²) in [6.45, 7) is 3.85. The van der Waals surface area contributed by atoms with Crippen LogP contribution in [0.15, 0.2) is 0 Å². The Kier molecular flexibility index (Phi) is 4.88. The third-order valence-corrected chi connectivity index (χ3v) is 0.953. The Balaban J connectivity index is 3.21. The molecule has 0 rings (SSSR count). The molecule has 1 N–H and O–H groups in total. The molecule has 0 aromatic heterocycles. The zero-order chi connectivity index (χ0) is 7.98. The van der Waals surface area contributed by atoms with Crippen molar-refractivity contribution in [2.75, 3.05) is 13.4 Å². The van der Waals surface area contributed by atoms with Crippen molar-refractivity contribution in [1.82, 2.24) is 0 Å². The zero-order valence-electron chi connectivity index (χ0n) is 6.16. The van der Waals surface area contributed by atoms with Crippen LogP contribution in [0.5, 0.6) is 0 Å². The van der Waals surface area contributed by atoms with E-state index in [1.54, 1.807) is 0 Å². The van der Waals surface area contributed by atoms with Gasteiger partial charge in [0, 0.05) is 6.61 Å². The van der Waals surface area contributed by atoms with Crippen LogP contribution in [0.25, 0.3) is 0 Å². The molecule has 4 nitrogen and oxygen atoms in total. The third-order valence-electron chi connectivity index (χ3n) is 0.953. The van der Waals surface area contributed by atoms with Gasteiger partial charge in [-0.05, 0) is 13.8 Å². The molecule has 0 aromatic rings. The monoisotopic (exact) mass is 148 g/mol. The standard InChI is InChI=1S/C6H12O4/c1-3-9-4-10-5(2)6(7)8/h5H,3-4H2,1-2H3,(H,7,8)/t5-/m1/s1. The minimum atomic E-state index is -0.972. The average Bonchev–Trinajstić information content (AvgIpc) is 1.88. The Morgan fingerprint density at radius 2 is 2.30 bits per heavy atom. The molecular weight excluding hydrogens is 136 g/mol. The Morgan fingerprint density at radius 1 is 1.70 bits per heavy atom. The fourth-order valence-electron chi connectivity index (χ4n) is 0.305. The summed E-state index contributed by atoms with van der Waals surface area (Å²) in [5, 5.41) is 8.30. The summed E-state index contributed by atoms with van der Waals surface area (Å²) >= 11 is 0. The Labute approximate surface area is 59.7 Å². The quantitative estimate of drug-likeness (QED) is 0.455. The number of carbonyl (C=O) groups is 1. The number of rotatable bonds is 5. The van der Waals surface area contributed by atoms with Crippen molar-refractivity contribution in [1.29, 1.82) is 0 Å². The Hall–Kier alpha value is -0.610. The van der Waals surface area contributed by atoms with Crippen molar-refractivity contribution in [2.45, 2.75) is 20.0 Å². The van der Waals surface area contributed by atoms with Gasteiger partial charge in [-0.1, -0.05) is 0 Å². The van der Waals surface area contributed by atoms with Gasteiger partial charge in [0.2, 0.25) is 0 Å². The molecule has 0 aromatic carbocycles. The Morgan fingerprint density at radius 3 is 2.70 bits per heavy atom. The average molecular weight is 148 g/mol. The molecule has 0 saturated heterocycles. The number of aliphatic carboxylic acids is 1. The molecule has 60 valence electrons. The van der Waals surface area contributed by atoms with Crippen molar-refractivity contribution in [3.05, 3.63) is 0 Å². The maximum atomic E-state index is 10.1. The maximum absolute atomic E-state index is 10.1. The molecular formula is C6H12O4. The highest BCUT2D eigenvalue weighted by Crippen LogP contribution is 1.89. The van der Waals surface area contributed by atoms with E-state index in [0.717, 1.165) is 0 Å².